The number of hydrogen-bond donors (Lipinski definition) is 0. The molecular weight excluding hydrogens is 116 g/mol. The normalized spacial score (nSPS) is 21.1. The Bertz CT molecular complexity index is 153. The molecule has 3 heteroatoms. The fourth-order valence-corrected chi connectivity index (χ4v) is 0.705. The smallest absolute Gasteiger partial charge is 0.260 e. The molecule has 0 fully saturated rings. The molecule has 1 heterocycles. The number of amides is 1. The fraction of sp³-hybridized carbons (Fsp3) is 0.500. The highest BCUT2D eigenvalue weighted by molar-refractivity contribution is 5.87. The molecule has 50 valence electrons. The molecule has 0 unspecified atom stereocenters. The van der Waals surface area contributed by atoms with E-state index in [0.717, 1.165) is 6.54 Å². The Hall–Kier alpha value is -0.830. The highest BCUT2D eigenvalue weighted by Gasteiger charge is 2.12. The summed E-state index contributed by atoms with van der Waals surface area (Å²) in [7, 11) is 3.63. The maximum Gasteiger partial charge on any atom is 0.260 e. The number of hydrogen-bond acceptors (Lipinski definition) is 2. The van der Waals surface area contributed by atoms with E-state index in [1.807, 2.05) is 18.1 Å². The molecule has 3 nitrogen and oxygen atoms in total. The molecular formula is C6H10N2O. The molecule has 0 aromatic heterocycles. The summed E-state index contributed by atoms with van der Waals surface area (Å²) in [6, 6.07) is 0. The van der Waals surface area contributed by atoms with Gasteiger partial charge in [0.05, 0.1) is 0 Å². The minimum Gasteiger partial charge on any atom is -0.275 e. The van der Waals surface area contributed by atoms with Gasteiger partial charge in [0.2, 0.25) is 0 Å². The minimum atomic E-state index is 0.0451. The van der Waals surface area contributed by atoms with Crippen LogP contribution >= 0.6 is 0 Å². The molecule has 0 aromatic carbocycles. The molecule has 0 radical (unpaired) electrons. The summed E-state index contributed by atoms with van der Waals surface area (Å²) >= 11 is 0. The molecule has 9 heavy (non-hydrogen) atoms. The van der Waals surface area contributed by atoms with Crippen LogP contribution in [0.5, 0.6) is 0 Å². The summed E-state index contributed by atoms with van der Waals surface area (Å²) < 4.78 is 0. The number of carbonyl (C=O) groups excluding carboxylic acids is 1. The van der Waals surface area contributed by atoms with E-state index < -0.39 is 0 Å². The van der Waals surface area contributed by atoms with Gasteiger partial charge in [-0.15, -0.1) is 0 Å². The monoisotopic (exact) mass is 126 g/mol. The van der Waals surface area contributed by atoms with Crippen LogP contribution in [-0.2, 0) is 4.79 Å². The summed E-state index contributed by atoms with van der Waals surface area (Å²) in [6.45, 7) is 0.822. The van der Waals surface area contributed by atoms with Crippen molar-refractivity contribution >= 4 is 5.91 Å². The van der Waals surface area contributed by atoms with Gasteiger partial charge in [0, 0.05) is 26.7 Å². The van der Waals surface area contributed by atoms with Crippen molar-refractivity contribution in [2.75, 3.05) is 20.6 Å². The third kappa shape index (κ3) is 1.10. The fourth-order valence-electron chi connectivity index (χ4n) is 0.705. The molecule has 1 amide bonds. The van der Waals surface area contributed by atoms with Crippen LogP contribution in [-0.4, -0.2) is 36.6 Å². The van der Waals surface area contributed by atoms with Crippen LogP contribution in [0.1, 0.15) is 0 Å². The standard InChI is InChI=1S/C6H10N2O/c1-7-5-3-4-6(9)8(7)2/h3-4H,5H2,1-2H3. The van der Waals surface area contributed by atoms with Gasteiger partial charge in [-0.25, -0.2) is 5.01 Å². The zero-order valence-electron chi connectivity index (χ0n) is 5.66. The average Bonchev–Trinajstić information content (AvgIpc) is 1.83. The first kappa shape index (κ1) is 6.29. The second-order valence-electron chi connectivity index (χ2n) is 2.10. The number of nitrogens with zero attached hydrogens (tertiary/aromatic N) is 2. The molecule has 0 atom stereocenters. The number of rotatable bonds is 0. The summed E-state index contributed by atoms with van der Waals surface area (Å²) in [5.74, 6) is 0.0451. The average molecular weight is 126 g/mol. The van der Waals surface area contributed by atoms with E-state index in [1.165, 1.54) is 0 Å². The predicted octanol–water partition coefficient (Wildman–Crippen LogP) is -0.139. The first-order valence-electron chi connectivity index (χ1n) is 2.87. The van der Waals surface area contributed by atoms with E-state index in [2.05, 4.69) is 0 Å². The molecule has 0 saturated carbocycles. The van der Waals surface area contributed by atoms with Crippen LogP contribution in [0.3, 0.4) is 0 Å². The zero-order chi connectivity index (χ0) is 6.85. The van der Waals surface area contributed by atoms with Crippen LogP contribution in [0.2, 0.25) is 0 Å². The van der Waals surface area contributed by atoms with Crippen molar-refractivity contribution in [3.05, 3.63) is 12.2 Å². The molecule has 0 bridgehead atoms. The van der Waals surface area contributed by atoms with E-state index in [9.17, 15) is 4.79 Å². The molecule has 0 saturated heterocycles. The zero-order valence-corrected chi connectivity index (χ0v) is 5.66. The third-order valence-corrected chi connectivity index (χ3v) is 1.46. The Labute approximate surface area is 54.5 Å². The lowest BCUT2D eigenvalue weighted by molar-refractivity contribution is -0.138. The van der Waals surface area contributed by atoms with Crippen molar-refractivity contribution in [3.63, 3.8) is 0 Å². The van der Waals surface area contributed by atoms with Gasteiger partial charge in [-0.05, 0) is 0 Å². The quantitative estimate of drug-likeness (QED) is 0.451. The molecule has 1 aliphatic rings. The first-order chi connectivity index (χ1) is 4.22. The lowest BCUT2D eigenvalue weighted by Crippen LogP contribution is -2.42. The van der Waals surface area contributed by atoms with Gasteiger partial charge >= 0.3 is 0 Å². The Morgan fingerprint density at radius 2 is 2.22 bits per heavy atom. The number of carbonyl (C=O) groups is 1. The van der Waals surface area contributed by atoms with E-state index >= 15 is 0 Å². The summed E-state index contributed by atoms with van der Waals surface area (Å²) in [6.07, 6.45) is 3.43. The van der Waals surface area contributed by atoms with Crippen LogP contribution < -0.4 is 0 Å². The minimum absolute atomic E-state index is 0.0451. The molecule has 0 spiro atoms. The van der Waals surface area contributed by atoms with Gasteiger partial charge < -0.3 is 0 Å². The van der Waals surface area contributed by atoms with Gasteiger partial charge in [-0.3, -0.25) is 9.80 Å². The van der Waals surface area contributed by atoms with Gasteiger partial charge in [-0.2, -0.15) is 0 Å². The van der Waals surface area contributed by atoms with Crippen LogP contribution in [0.4, 0.5) is 0 Å². The van der Waals surface area contributed by atoms with E-state index in [1.54, 1.807) is 18.1 Å². The molecule has 0 N–H and O–H groups in total. The Morgan fingerprint density at radius 1 is 1.56 bits per heavy atom. The maximum absolute atomic E-state index is 10.8. The summed E-state index contributed by atoms with van der Waals surface area (Å²) in [5, 5.41) is 3.43. The Balaban J connectivity index is 2.69. The van der Waals surface area contributed by atoms with E-state index in [0.29, 0.717) is 0 Å². The Morgan fingerprint density at radius 3 is 2.67 bits per heavy atom. The van der Waals surface area contributed by atoms with Gasteiger partial charge in [0.25, 0.3) is 5.91 Å². The first-order valence-corrected chi connectivity index (χ1v) is 2.87. The van der Waals surface area contributed by atoms with E-state index in [-0.39, 0.29) is 5.91 Å². The van der Waals surface area contributed by atoms with Crippen molar-refractivity contribution in [1.82, 2.24) is 10.0 Å². The number of hydrazine groups is 1. The lowest BCUT2D eigenvalue weighted by atomic mass is 10.4. The second kappa shape index (κ2) is 2.19. The molecule has 0 aromatic rings. The highest BCUT2D eigenvalue weighted by atomic mass is 16.2. The maximum atomic E-state index is 10.8. The van der Waals surface area contributed by atoms with Gasteiger partial charge in [-0.1, -0.05) is 6.08 Å². The van der Waals surface area contributed by atoms with Crippen LogP contribution in [0.25, 0.3) is 0 Å². The van der Waals surface area contributed by atoms with Gasteiger partial charge in [0.1, 0.15) is 0 Å². The SMILES string of the molecule is CN1CC=CC(=O)N1C. The third-order valence-electron chi connectivity index (χ3n) is 1.46. The van der Waals surface area contributed by atoms with Crippen LogP contribution in [0.15, 0.2) is 12.2 Å². The van der Waals surface area contributed by atoms with Crippen molar-refractivity contribution in [2.24, 2.45) is 0 Å². The van der Waals surface area contributed by atoms with Crippen molar-refractivity contribution in [2.45, 2.75) is 0 Å². The Kier molecular flexibility index (Phi) is 1.53. The van der Waals surface area contributed by atoms with Gasteiger partial charge in [0.15, 0.2) is 0 Å². The predicted molar refractivity (Wildman–Crippen MR) is 34.5 cm³/mol. The highest BCUT2D eigenvalue weighted by Crippen LogP contribution is 1.98. The lowest BCUT2D eigenvalue weighted by Gasteiger charge is -2.28. The van der Waals surface area contributed by atoms with Crippen LogP contribution in [0, 0.1) is 0 Å². The number of likely N-dealkylation sites (N-methyl/N-ethyl adjacent to an activating group) is 2. The molecule has 0 aliphatic carbocycles. The molecule has 1 rings (SSSR count). The molecule has 1 aliphatic heterocycles. The van der Waals surface area contributed by atoms with E-state index in [4.69, 9.17) is 0 Å². The second-order valence-corrected chi connectivity index (χ2v) is 2.10. The largest absolute Gasteiger partial charge is 0.275 e. The summed E-state index contributed by atoms with van der Waals surface area (Å²) in [4.78, 5) is 10.8. The van der Waals surface area contributed by atoms with Crippen molar-refractivity contribution in [1.29, 1.82) is 0 Å². The topological polar surface area (TPSA) is 23.6 Å². The van der Waals surface area contributed by atoms with Crippen molar-refractivity contribution < 1.29 is 4.79 Å². The summed E-state index contributed by atoms with van der Waals surface area (Å²) in [5.41, 5.74) is 0. The van der Waals surface area contributed by atoms with Crippen molar-refractivity contribution in [3.8, 4) is 0 Å².